The Morgan fingerprint density at radius 1 is 0.246 bits per heavy atom. The number of benzene rings is 11. The number of hydrogen-bond acceptors (Lipinski definition) is 2. The molecule has 14 rings (SSSR count). The summed E-state index contributed by atoms with van der Waals surface area (Å²) in [5, 5.41) is 0. The molecule has 0 N–H and O–H groups in total. The van der Waals surface area contributed by atoms with Crippen LogP contribution in [0.2, 0.25) is 0 Å². The van der Waals surface area contributed by atoms with Gasteiger partial charge in [0.25, 0.3) is 0 Å². The van der Waals surface area contributed by atoms with Gasteiger partial charge in [-0.3, -0.25) is 0 Å². The van der Waals surface area contributed by atoms with Gasteiger partial charge >= 0.3 is 0 Å². The van der Waals surface area contributed by atoms with Gasteiger partial charge < -0.3 is 9.80 Å². The summed E-state index contributed by atoms with van der Waals surface area (Å²) >= 11 is 0. The van der Waals surface area contributed by atoms with E-state index in [4.69, 9.17) is 0 Å². The average molecular weight is 877 g/mol. The second-order valence-electron chi connectivity index (χ2n) is 18.3. The van der Waals surface area contributed by atoms with E-state index in [-0.39, 0.29) is 0 Å². The van der Waals surface area contributed by atoms with Crippen LogP contribution in [0.3, 0.4) is 0 Å². The first-order valence-electron chi connectivity index (χ1n) is 23.9. The van der Waals surface area contributed by atoms with Gasteiger partial charge in [-0.25, -0.2) is 0 Å². The molecule has 322 valence electrons. The zero-order valence-electron chi connectivity index (χ0n) is 37.8. The van der Waals surface area contributed by atoms with Crippen molar-refractivity contribution in [2.24, 2.45) is 0 Å². The highest BCUT2D eigenvalue weighted by atomic mass is 15.2. The summed E-state index contributed by atoms with van der Waals surface area (Å²) in [6, 6.07) is 98.9. The first-order chi connectivity index (χ1) is 34.3. The molecule has 0 atom stereocenters. The van der Waals surface area contributed by atoms with Crippen LogP contribution in [0.4, 0.5) is 34.1 Å². The van der Waals surface area contributed by atoms with Crippen LogP contribution in [0.25, 0.3) is 66.8 Å². The predicted molar refractivity (Wildman–Crippen MR) is 287 cm³/mol. The molecule has 0 unspecified atom stereocenters. The predicted octanol–water partition coefficient (Wildman–Crippen LogP) is 18.0. The fraction of sp³-hybridized carbons (Fsp3) is 0.0149. The molecule has 0 saturated carbocycles. The van der Waals surface area contributed by atoms with E-state index in [9.17, 15) is 0 Å². The molecule has 3 aliphatic rings. The van der Waals surface area contributed by atoms with Crippen molar-refractivity contribution < 1.29 is 0 Å². The van der Waals surface area contributed by atoms with Gasteiger partial charge in [0.1, 0.15) is 0 Å². The van der Waals surface area contributed by atoms with Crippen molar-refractivity contribution in [3.8, 4) is 66.8 Å². The molecular formula is C67H44N2. The van der Waals surface area contributed by atoms with Crippen LogP contribution in [0.5, 0.6) is 0 Å². The molecule has 11 aromatic rings. The molecule has 1 heterocycles. The van der Waals surface area contributed by atoms with Crippen molar-refractivity contribution in [3.05, 3.63) is 289 Å². The SMILES string of the molecule is c1ccc(-c2ccc(N(c3ccc4c(c3)-c3ccccc3-c3ccccc3N4c3ccccc3)c3ccc4c(c3)-c3ccccc3C43c4ccccc4-c4ccccc4-c4ccccc43)cc2)cc1. The van der Waals surface area contributed by atoms with Crippen LogP contribution in [-0.4, -0.2) is 0 Å². The Bertz CT molecular complexity index is 3730. The van der Waals surface area contributed by atoms with Gasteiger partial charge in [0.2, 0.25) is 0 Å². The third-order valence-corrected chi connectivity index (χ3v) is 14.8. The summed E-state index contributed by atoms with van der Waals surface area (Å²) in [6.07, 6.45) is 0. The Morgan fingerprint density at radius 3 is 1.22 bits per heavy atom. The molecule has 11 aromatic carbocycles. The lowest BCUT2D eigenvalue weighted by Gasteiger charge is -2.35. The molecule has 0 fully saturated rings. The maximum atomic E-state index is 2.46. The monoisotopic (exact) mass is 876 g/mol. The van der Waals surface area contributed by atoms with Crippen molar-refractivity contribution in [1.29, 1.82) is 0 Å². The van der Waals surface area contributed by atoms with E-state index >= 15 is 0 Å². The molecule has 1 aliphatic heterocycles. The minimum absolute atomic E-state index is 0.553. The molecule has 2 aliphatic carbocycles. The van der Waals surface area contributed by atoms with Crippen molar-refractivity contribution >= 4 is 34.1 Å². The normalized spacial score (nSPS) is 13.0. The number of rotatable bonds is 5. The Kier molecular flexibility index (Phi) is 8.84. The van der Waals surface area contributed by atoms with E-state index in [1.807, 2.05) is 0 Å². The average Bonchev–Trinajstić information content (AvgIpc) is 3.58. The smallest absolute Gasteiger partial charge is 0.0725 e. The van der Waals surface area contributed by atoms with Crippen LogP contribution in [-0.2, 0) is 5.41 Å². The summed E-state index contributed by atoms with van der Waals surface area (Å²) in [7, 11) is 0. The third-order valence-electron chi connectivity index (χ3n) is 14.8. The van der Waals surface area contributed by atoms with Gasteiger partial charge in [-0.2, -0.15) is 0 Å². The Balaban J connectivity index is 1.02. The molecule has 0 radical (unpaired) electrons. The Morgan fingerprint density at radius 2 is 0.623 bits per heavy atom. The minimum Gasteiger partial charge on any atom is -0.310 e. The van der Waals surface area contributed by atoms with Crippen LogP contribution in [0.15, 0.2) is 267 Å². The molecular weight excluding hydrogens is 833 g/mol. The lowest BCUT2D eigenvalue weighted by atomic mass is 9.66. The summed E-state index contributed by atoms with van der Waals surface area (Å²) in [6.45, 7) is 0. The topological polar surface area (TPSA) is 6.48 Å². The van der Waals surface area contributed by atoms with Gasteiger partial charge in [-0.1, -0.05) is 206 Å². The number of para-hydroxylation sites is 2. The highest BCUT2D eigenvalue weighted by Gasteiger charge is 2.49. The lowest BCUT2D eigenvalue weighted by Crippen LogP contribution is -2.29. The van der Waals surface area contributed by atoms with Crippen molar-refractivity contribution in [2.75, 3.05) is 9.80 Å². The second-order valence-corrected chi connectivity index (χ2v) is 18.3. The molecule has 0 bridgehead atoms. The van der Waals surface area contributed by atoms with Crippen LogP contribution in [0.1, 0.15) is 22.3 Å². The molecule has 0 aromatic heterocycles. The van der Waals surface area contributed by atoms with E-state index in [0.717, 1.165) is 34.1 Å². The zero-order chi connectivity index (χ0) is 45.5. The fourth-order valence-corrected chi connectivity index (χ4v) is 12.0. The maximum absolute atomic E-state index is 2.46. The van der Waals surface area contributed by atoms with Gasteiger partial charge in [0.05, 0.1) is 16.8 Å². The van der Waals surface area contributed by atoms with E-state index < -0.39 is 5.41 Å². The number of hydrogen-bond donors (Lipinski definition) is 0. The Hall–Kier alpha value is -8.98. The lowest BCUT2D eigenvalue weighted by molar-refractivity contribution is 0.775. The third kappa shape index (κ3) is 5.86. The number of nitrogens with zero attached hydrogens (tertiary/aromatic N) is 2. The standard InChI is InChI=1S/C67H44N2/c1-3-19-45(20-4-1)46-35-37-48(38-36-46)68(50-40-42-66-60(44-50)54-26-10-9-25-53(54)58-30-14-18-34-65(58)69(66)47-21-5-2-6-22-47)49-39-41-64-59(43-49)57-29-13-17-33-63(57)67(64)61-31-15-11-27-55(61)51-23-7-8-24-52(51)56-28-12-16-32-62(56)67/h1-44H. The Labute approximate surface area is 403 Å². The first-order valence-corrected chi connectivity index (χ1v) is 23.9. The van der Waals surface area contributed by atoms with E-state index in [2.05, 4.69) is 277 Å². The molecule has 2 heteroatoms. The van der Waals surface area contributed by atoms with E-state index in [1.165, 1.54) is 89.0 Å². The van der Waals surface area contributed by atoms with Crippen molar-refractivity contribution in [3.63, 3.8) is 0 Å². The largest absolute Gasteiger partial charge is 0.310 e. The van der Waals surface area contributed by atoms with Crippen LogP contribution < -0.4 is 9.80 Å². The summed E-state index contributed by atoms with van der Waals surface area (Å²) in [4.78, 5) is 4.89. The van der Waals surface area contributed by atoms with Crippen LogP contribution >= 0.6 is 0 Å². The van der Waals surface area contributed by atoms with Gasteiger partial charge in [0, 0.05) is 33.9 Å². The van der Waals surface area contributed by atoms with Crippen LogP contribution in [0, 0.1) is 0 Å². The first kappa shape index (κ1) is 39.2. The van der Waals surface area contributed by atoms with Gasteiger partial charge in [0.15, 0.2) is 0 Å². The summed E-state index contributed by atoms with van der Waals surface area (Å²) in [5.74, 6) is 0. The molecule has 69 heavy (non-hydrogen) atoms. The molecule has 1 spiro atoms. The van der Waals surface area contributed by atoms with E-state index in [0.29, 0.717) is 0 Å². The highest BCUT2D eigenvalue weighted by Crippen LogP contribution is 2.62. The maximum Gasteiger partial charge on any atom is 0.0725 e. The molecule has 2 nitrogen and oxygen atoms in total. The second kappa shape index (κ2) is 15.6. The number of anilines is 6. The summed E-state index contributed by atoms with van der Waals surface area (Å²) < 4.78 is 0. The highest BCUT2D eigenvalue weighted by molar-refractivity contribution is 6.04. The van der Waals surface area contributed by atoms with Gasteiger partial charge in [-0.05, 0) is 139 Å². The summed E-state index contributed by atoms with van der Waals surface area (Å²) in [5.41, 5.74) is 26.1. The van der Waals surface area contributed by atoms with Gasteiger partial charge in [-0.15, -0.1) is 0 Å². The number of fused-ring (bicyclic) bond motifs is 17. The van der Waals surface area contributed by atoms with Crippen molar-refractivity contribution in [2.45, 2.75) is 5.41 Å². The van der Waals surface area contributed by atoms with Crippen molar-refractivity contribution in [1.82, 2.24) is 0 Å². The molecule has 0 saturated heterocycles. The zero-order valence-corrected chi connectivity index (χ0v) is 37.8. The quantitative estimate of drug-likeness (QED) is 0.170. The fourth-order valence-electron chi connectivity index (χ4n) is 12.0. The molecule has 0 amide bonds. The van der Waals surface area contributed by atoms with E-state index in [1.54, 1.807) is 0 Å². The minimum atomic E-state index is -0.553.